The predicted octanol–water partition coefficient (Wildman–Crippen LogP) is 3.87. The molecule has 2 aliphatic rings. The van der Waals surface area contributed by atoms with Crippen LogP contribution in [0.5, 0.6) is 0 Å². The minimum Gasteiger partial charge on any atom is -0.331 e. The lowest BCUT2D eigenvalue weighted by Gasteiger charge is -2.26. The fourth-order valence-corrected chi connectivity index (χ4v) is 3.77. The van der Waals surface area contributed by atoms with Gasteiger partial charge in [0.15, 0.2) is 0 Å². The van der Waals surface area contributed by atoms with Crippen molar-refractivity contribution in [3.8, 4) is 0 Å². The molecular formula is C18H31N3. The van der Waals surface area contributed by atoms with E-state index in [1.54, 1.807) is 0 Å². The maximum atomic E-state index is 5.09. The molecule has 3 heteroatoms. The first-order chi connectivity index (χ1) is 10.2. The van der Waals surface area contributed by atoms with Crippen molar-refractivity contribution in [2.75, 3.05) is 6.54 Å². The number of hydrogen-bond acceptors (Lipinski definition) is 2. The van der Waals surface area contributed by atoms with Gasteiger partial charge in [0.25, 0.3) is 0 Å². The smallest absolute Gasteiger partial charge is 0.112 e. The van der Waals surface area contributed by atoms with Gasteiger partial charge in [-0.3, -0.25) is 0 Å². The van der Waals surface area contributed by atoms with E-state index in [4.69, 9.17) is 4.98 Å². The highest BCUT2D eigenvalue weighted by atomic mass is 15.1. The highest BCUT2D eigenvalue weighted by Crippen LogP contribution is 2.34. The number of nitrogens with zero attached hydrogens (tertiary/aromatic N) is 2. The highest BCUT2D eigenvalue weighted by molar-refractivity contribution is 5.22. The molecule has 1 unspecified atom stereocenters. The number of imidazole rings is 1. The van der Waals surface area contributed by atoms with E-state index in [1.807, 2.05) is 0 Å². The number of nitrogens with one attached hydrogen (secondary N) is 1. The van der Waals surface area contributed by atoms with E-state index in [0.29, 0.717) is 5.92 Å². The van der Waals surface area contributed by atoms with Crippen molar-refractivity contribution >= 4 is 0 Å². The molecule has 1 atom stereocenters. The topological polar surface area (TPSA) is 29.9 Å². The molecule has 1 fully saturated rings. The Morgan fingerprint density at radius 3 is 2.67 bits per heavy atom. The van der Waals surface area contributed by atoms with Crippen LogP contribution in [0.15, 0.2) is 0 Å². The van der Waals surface area contributed by atoms with Gasteiger partial charge in [0.2, 0.25) is 0 Å². The molecule has 0 amide bonds. The van der Waals surface area contributed by atoms with Crippen molar-refractivity contribution in [2.24, 2.45) is 11.8 Å². The molecule has 3 nitrogen and oxygen atoms in total. The Balaban J connectivity index is 1.91. The maximum absolute atomic E-state index is 5.09. The van der Waals surface area contributed by atoms with Gasteiger partial charge in [-0.1, -0.05) is 40.0 Å². The number of fused-ring (bicyclic) bond motifs is 1. The van der Waals surface area contributed by atoms with Crippen LogP contribution in [0.2, 0.25) is 0 Å². The molecule has 0 aromatic carbocycles. The van der Waals surface area contributed by atoms with Crippen molar-refractivity contribution < 1.29 is 0 Å². The second-order valence-electron chi connectivity index (χ2n) is 7.46. The molecule has 2 heterocycles. The lowest BCUT2D eigenvalue weighted by molar-refractivity contribution is 0.339. The Labute approximate surface area is 129 Å². The van der Waals surface area contributed by atoms with Crippen molar-refractivity contribution in [3.05, 3.63) is 17.2 Å². The van der Waals surface area contributed by atoms with E-state index < -0.39 is 0 Å². The van der Waals surface area contributed by atoms with Crippen LogP contribution in [0.1, 0.15) is 76.0 Å². The first kappa shape index (κ1) is 15.1. The second-order valence-corrected chi connectivity index (χ2v) is 7.46. The standard InChI is InChI=1S/C18H31N3/c1-13(2)14(3)12-21-17-9-10-19-11-16(17)20-18(21)15-7-5-4-6-8-15/h13-15,19H,4-12H2,1-3H3. The molecule has 1 aromatic rings. The summed E-state index contributed by atoms with van der Waals surface area (Å²) in [6.45, 7) is 10.3. The van der Waals surface area contributed by atoms with Gasteiger partial charge in [-0.05, 0) is 24.7 Å². The van der Waals surface area contributed by atoms with E-state index in [-0.39, 0.29) is 0 Å². The molecule has 0 radical (unpaired) electrons. The summed E-state index contributed by atoms with van der Waals surface area (Å²) in [7, 11) is 0. The van der Waals surface area contributed by atoms with Gasteiger partial charge in [0.1, 0.15) is 5.82 Å². The third kappa shape index (κ3) is 3.18. The quantitative estimate of drug-likeness (QED) is 0.912. The van der Waals surface area contributed by atoms with E-state index in [1.165, 1.54) is 49.3 Å². The zero-order valence-electron chi connectivity index (χ0n) is 14.0. The molecule has 1 aromatic heterocycles. The van der Waals surface area contributed by atoms with Gasteiger partial charge in [-0.25, -0.2) is 4.98 Å². The van der Waals surface area contributed by atoms with Gasteiger partial charge in [0.05, 0.1) is 5.69 Å². The Morgan fingerprint density at radius 2 is 1.95 bits per heavy atom. The Hall–Kier alpha value is -0.830. The van der Waals surface area contributed by atoms with Gasteiger partial charge in [0, 0.05) is 37.7 Å². The Morgan fingerprint density at radius 1 is 1.19 bits per heavy atom. The first-order valence-electron chi connectivity index (χ1n) is 8.95. The van der Waals surface area contributed by atoms with E-state index in [2.05, 4.69) is 30.7 Å². The zero-order chi connectivity index (χ0) is 14.8. The second kappa shape index (κ2) is 6.51. The molecule has 118 valence electrons. The average molecular weight is 289 g/mol. The van der Waals surface area contributed by atoms with E-state index in [9.17, 15) is 0 Å². The van der Waals surface area contributed by atoms with Crippen LogP contribution in [-0.4, -0.2) is 16.1 Å². The summed E-state index contributed by atoms with van der Waals surface area (Å²) in [4.78, 5) is 5.09. The largest absolute Gasteiger partial charge is 0.331 e. The van der Waals surface area contributed by atoms with E-state index >= 15 is 0 Å². The van der Waals surface area contributed by atoms with Crippen molar-refractivity contribution in [1.82, 2.24) is 14.9 Å². The van der Waals surface area contributed by atoms with Crippen LogP contribution in [-0.2, 0) is 19.5 Å². The summed E-state index contributed by atoms with van der Waals surface area (Å²) < 4.78 is 2.62. The summed E-state index contributed by atoms with van der Waals surface area (Å²) in [5, 5.41) is 3.48. The molecule has 0 spiro atoms. The van der Waals surface area contributed by atoms with Crippen LogP contribution < -0.4 is 5.32 Å². The molecule has 1 N–H and O–H groups in total. The molecular weight excluding hydrogens is 258 g/mol. The van der Waals surface area contributed by atoms with Gasteiger partial charge in [-0.15, -0.1) is 0 Å². The maximum Gasteiger partial charge on any atom is 0.112 e. The monoisotopic (exact) mass is 289 g/mol. The van der Waals surface area contributed by atoms with Gasteiger partial charge in [-0.2, -0.15) is 0 Å². The van der Waals surface area contributed by atoms with Crippen molar-refractivity contribution in [3.63, 3.8) is 0 Å². The molecule has 1 aliphatic heterocycles. The minimum atomic E-state index is 0.712. The number of aromatic nitrogens is 2. The predicted molar refractivity (Wildman–Crippen MR) is 87.5 cm³/mol. The summed E-state index contributed by atoms with van der Waals surface area (Å²) in [6.07, 6.45) is 8.04. The molecule has 3 rings (SSSR count). The molecule has 0 bridgehead atoms. The van der Waals surface area contributed by atoms with Gasteiger partial charge >= 0.3 is 0 Å². The van der Waals surface area contributed by atoms with Crippen LogP contribution in [0.3, 0.4) is 0 Å². The lowest BCUT2D eigenvalue weighted by atomic mass is 9.88. The normalized spacial score (nSPS) is 21.5. The van der Waals surface area contributed by atoms with E-state index in [0.717, 1.165) is 37.9 Å². The summed E-state index contributed by atoms with van der Waals surface area (Å²) >= 11 is 0. The van der Waals surface area contributed by atoms with Crippen LogP contribution in [0.4, 0.5) is 0 Å². The first-order valence-corrected chi connectivity index (χ1v) is 8.95. The Bertz CT molecular complexity index is 469. The fourth-order valence-electron chi connectivity index (χ4n) is 3.77. The zero-order valence-corrected chi connectivity index (χ0v) is 14.0. The summed E-state index contributed by atoms with van der Waals surface area (Å²) in [5.41, 5.74) is 2.86. The number of rotatable bonds is 4. The minimum absolute atomic E-state index is 0.712. The average Bonchev–Trinajstić information content (AvgIpc) is 2.87. The fraction of sp³-hybridized carbons (Fsp3) is 0.833. The Kier molecular flexibility index (Phi) is 4.68. The third-order valence-electron chi connectivity index (χ3n) is 5.59. The SMILES string of the molecule is CC(C)C(C)Cn1c(C2CCCCC2)nc2c1CCNC2. The van der Waals surface area contributed by atoms with Crippen LogP contribution in [0.25, 0.3) is 0 Å². The molecule has 21 heavy (non-hydrogen) atoms. The third-order valence-corrected chi connectivity index (χ3v) is 5.59. The summed E-state index contributed by atoms with van der Waals surface area (Å²) in [5.74, 6) is 3.59. The number of hydrogen-bond donors (Lipinski definition) is 1. The van der Waals surface area contributed by atoms with Crippen LogP contribution >= 0.6 is 0 Å². The molecule has 0 saturated heterocycles. The van der Waals surface area contributed by atoms with Crippen molar-refractivity contribution in [1.29, 1.82) is 0 Å². The molecule has 1 aliphatic carbocycles. The summed E-state index contributed by atoms with van der Waals surface area (Å²) in [6, 6.07) is 0. The molecule has 1 saturated carbocycles. The highest BCUT2D eigenvalue weighted by Gasteiger charge is 2.27. The van der Waals surface area contributed by atoms with Crippen LogP contribution in [0, 0.1) is 11.8 Å². The lowest BCUT2D eigenvalue weighted by Crippen LogP contribution is -2.26. The van der Waals surface area contributed by atoms with Gasteiger partial charge < -0.3 is 9.88 Å². The van der Waals surface area contributed by atoms with Crippen molar-refractivity contribution in [2.45, 2.75) is 78.3 Å².